The highest BCUT2D eigenvalue weighted by molar-refractivity contribution is 5.79. The number of quaternary nitrogens is 1. The maximum atomic E-state index is 12.0. The summed E-state index contributed by atoms with van der Waals surface area (Å²) in [6, 6.07) is 27.7. The second-order valence-corrected chi connectivity index (χ2v) is 8.58. The molecule has 0 fully saturated rings. The minimum absolute atomic E-state index is 0.0405. The molecule has 0 aliphatic carbocycles. The van der Waals surface area contributed by atoms with Crippen molar-refractivity contribution in [3.63, 3.8) is 0 Å². The van der Waals surface area contributed by atoms with Crippen LogP contribution in [0.25, 0.3) is 21.8 Å². The van der Waals surface area contributed by atoms with Gasteiger partial charge >= 0.3 is 0 Å². The van der Waals surface area contributed by atoms with Crippen LogP contribution in [0.15, 0.2) is 91.0 Å². The number of aromatic nitrogens is 2. The number of para-hydroxylation sites is 2. The molecule has 0 bridgehead atoms. The summed E-state index contributed by atoms with van der Waals surface area (Å²) in [4.78, 5) is 9.16. The maximum absolute atomic E-state index is 12.0. The van der Waals surface area contributed by atoms with Crippen LogP contribution in [-0.4, -0.2) is 25.4 Å². The molecule has 0 saturated carbocycles. The Morgan fingerprint density at radius 1 is 0.686 bits per heavy atom. The molecule has 0 spiro atoms. The molecule has 2 heterocycles. The van der Waals surface area contributed by atoms with Crippen molar-refractivity contribution in [3.05, 3.63) is 119 Å². The Balaban J connectivity index is 1.37. The smallest absolute Gasteiger partial charge is 0.170 e. The van der Waals surface area contributed by atoms with Gasteiger partial charge in [-0.1, -0.05) is 54.6 Å². The van der Waals surface area contributed by atoms with Crippen molar-refractivity contribution in [2.45, 2.75) is 25.0 Å². The van der Waals surface area contributed by atoms with Crippen LogP contribution in [0.4, 0.5) is 5.69 Å². The summed E-state index contributed by atoms with van der Waals surface area (Å²) < 4.78 is 0. The van der Waals surface area contributed by atoms with E-state index in [4.69, 9.17) is 0 Å². The van der Waals surface area contributed by atoms with E-state index in [9.17, 15) is 20.6 Å². The number of hydrogen-bond acceptors (Lipinski definition) is 6. The van der Waals surface area contributed by atoms with Crippen LogP contribution in [0, 0.1) is 5.21 Å². The van der Waals surface area contributed by atoms with Gasteiger partial charge in [0.25, 0.3) is 0 Å². The molecule has 5 rings (SSSR count). The summed E-state index contributed by atoms with van der Waals surface area (Å²) in [5.41, 5.74) is 3.73. The fourth-order valence-corrected chi connectivity index (χ4v) is 4.32. The van der Waals surface area contributed by atoms with Gasteiger partial charge in [-0.3, -0.25) is 9.97 Å². The third kappa shape index (κ3) is 5.05. The summed E-state index contributed by atoms with van der Waals surface area (Å²) >= 11 is 0. The van der Waals surface area contributed by atoms with Crippen molar-refractivity contribution < 1.29 is 20.6 Å². The molecule has 1 unspecified atom stereocenters. The number of benzene rings is 3. The molecule has 5 aromatic rings. The fourth-order valence-electron chi connectivity index (χ4n) is 4.32. The Kier molecular flexibility index (Phi) is 6.50. The number of nitrogens with zero attached hydrogens (tertiary/aromatic N) is 2. The van der Waals surface area contributed by atoms with Gasteiger partial charge in [0.15, 0.2) is 5.69 Å². The molecule has 0 amide bonds. The molecule has 3 aromatic carbocycles. The first-order valence-corrected chi connectivity index (χ1v) is 11.4. The molecule has 2 aromatic heterocycles. The van der Waals surface area contributed by atoms with E-state index in [0.717, 1.165) is 21.8 Å². The molecule has 7 nitrogen and oxygen atoms in total. The van der Waals surface area contributed by atoms with E-state index in [-0.39, 0.29) is 24.1 Å². The van der Waals surface area contributed by atoms with Crippen molar-refractivity contribution >= 4 is 27.5 Å². The number of aliphatic hydroxyl groups excluding tert-OH is 2. The monoisotopic (exact) mass is 467 g/mol. The SMILES string of the molecule is [O-][NH+](O)c1cc([C@H](O)Cc2ccc3ccccc3n2)ccc1[C@H](O)Cc1ccc2ccccc2n1. The molecule has 0 aliphatic rings. The zero-order chi connectivity index (χ0) is 24.4. The first kappa shape index (κ1) is 23.0. The molecule has 3 atom stereocenters. The van der Waals surface area contributed by atoms with Crippen LogP contribution in [0.3, 0.4) is 0 Å². The summed E-state index contributed by atoms with van der Waals surface area (Å²) in [6.45, 7) is 0. The first-order chi connectivity index (χ1) is 17.0. The highest BCUT2D eigenvalue weighted by atomic mass is 16.8. The van der Waals surface area contributed by atoms with Gasteiger partial charge in [-0.15, -0.1) is 0 Å². The van der Waals surface area contributed by atoms with Gasteiger partial charge in [-0.2, -0.15) is 5.23 Å². The van der Waals surface area contributed by atoms with E-state index in [0.29, 0.717) is 17.0 Å². The highest BCUT2D eigenvalue weighted by Crippen LogP contribution is 2.28. The summed E-state index contributed by atoms with van der Waals surface area (Å²) in [6.07, 6.45) is -1.57. The summed E-state index contributed by atoms with van der Waals surface area (Å²) in [5.74, 6) is 0. The second kappa shape index (κ2) is 9.87. The van der Waals surface area contributed by atoms with Crippen LogP contribution >= 0.6 is 0 Å². The number of pyridine rings is 2. The van der Waals surface area contributed by atoms with Crippen LogP contribution in [0.2, 0.25) is 0 Å². The average Bonchev–Trinajstić information content (AvgIpc) is 2.88. The van der Waals surface area contributed by atoms with E-state index < -0.39 is 17.4 Å². The van der Waals surface area contributed by atoms with Gasteiger partial charge in [0.05, 0.1) is 23.2 Å². The normalized spacial score (nSPS) is 14.2. The Morgan fingerprint density at radius 2 is 1.23 bits per heavy atom. The summed E-state index contributed by atoms with van der Waals surface area (Å²) in [7, 11) is 0. The van der Waals surface area contributed by atoms with E-state index in [2.05, 4.69) is 9.97 Å². The fraction of sp³-hybridized carbons (Fsp3) is 0.143. The van der Waals surface area contributed by atoms with Gasteiger partial charge in [0.1, 0.15) is 0 Å². The minimum atomic E-state index is -1.16. The lowest BCUT2D eigenvalue weighted by Crippen LogP contribution is -2.99. The number of hydrogen-bond donors (Lipinski definition) is 4. The standard InChI is InChI=1S/C28H25N3O4/c32-27(16-21-12-9-18-5-1-3-7-24(18)29-21)20-11-14-23(26(15-20)31(34)35)28(33)17-22-13-10-19-6-2-4-8-25(19)30-22/h1-15,27-28,31-34H,16-17H2/t27-,28-/m1/s1. The molecule has 0 saturated heterocycles. The predicted octanol–water partition coefficient (Wildman–Crippen LogP) is 3.74. The van der Waals surface area contributed by atoms with Gasteiger partial charge < -0.3 is 15.4 Å². The third-order valence-electron chi connectivity index (χ3n) is 6.17. The number of rotatable bonds is 7. The van der Waals surface area contributed by atoms with E-state index in [1.807, 2.05) is 72.8 Å². The average molecular weight is 468 g/mol. The van der Waals surface area contributed by atoms with Crippen molar-refractivity contribution in [2.75, 3.05) is 0 Å². The minimum Gasteiger partial charge on any atom is -0.595 e. The third-order valence-corrected chi connectivity index (χ3v) is 6.17. The van der Waals surface area contributed by atoms with Crippen molar-refractivity contribution in [3.8, 4) is 0 Å². The second-order valence-electron chi connectivity index (χ2n) is 8.58. The maximum Gasteiger partial charge on any atom is 0.170 e. The predicted molar refractivity (Wildman–Crippen MR) is 133 cm³/mol. The lowest BCUT2D eigenvalue weighted by atomic mass is 9.97. The molecule has 35 heavy (non-hydrogen) atoms. The molecular weight excluding hydrogens is 442 g/mol. The quantitative estimate of drug-likeness (QED) is 0.271. The molecular formula is C28H25N3O4. The number of aliphatic hydroxyl groups is 2. The molecule has 0 aliphatic heterocycles. The van der Waals surface area contributed by atoms with Crippen LogP contribution in [0.1, 0.15) is 34.7 Å². The topological polar surface area (TPSA) is 114 Å². The highest BCUT2D eigenvalue weighted by Gasteiger charge is 2.21. The Labute approximate surface area is 202 Å². The molecule has 7 heteroatoms. The van der Waals surface area contributed by atoms with Gasteiger partial charge in [-0.05, 0) is 35.9 Å². The van der Waals surface area contributed by atoms with E-state index in [1.54, 1.807) is 12.1 Å². The van der Waals surface area contributed by atoms with Gasteiger partial charge in [0, 0.05) is 46.6 Å². The van der Waals surface area contributed by atoms with Crippen LogP contribution in [0.5, 0.6) is 0 Å². The lowest BCUT2D eigenvalue weighted by molar-refractivity contribution is -0.991. The van der Waals surface area contributed by atoms with Crippen LogP contribution in [-0.2, 0) is 12.8 Å². The zero-order valence-corrected chi connectivity index (χ0v) is 18.9. The van der Waals surface area contributed by atoms with E-state index in [1.165, 1.54) is 6.07 Å². The molecule has 0 radical (unpaired) electrons. The van der Waals surface area contributed by atoms with Crippen molar-refractivity contribution in [1.29, 1.82) is 0 Å². The number of nitrogens with one attached hydrogen (secondary N) is 1. The largest absolute Gasteiger partial charge is 0.595 e. The van der Waals surface area contributed by atoms with Crippen LogP contribution < -0.4 is 5.23 Å². The summed E-state index contributed by atoms with van der Waals surface area (Å²) in [5, 5.41) is 44.4. The number of fused-ring (bicyclic) bond motifs is 2. The Morgan fingerprint density at radius 3 is 1.80 bits per heavy atom. The Hall–Kier alpha value is -3.72. The Bertz CT molecular complexity index is 1490. The van der Waals surface area contributed by atoms with Gasteiger partial charge in [-0.25, -0.2) is 5.21 Å². The van der Waals surface area contributed by atoms with Gasteiger partial charge in [0.2, 0.25) is 0 Å². The molecule has 176 valence electrons. The van der Waals surface area contributed by atoms with E-state index >= 15 is 0 Å². The van der Waals surface area contributed by atoms with Crippen molar-refractivity contribution in [2.24, 2.45) is 0 Å². The first-order valence-electron chi connectivity index (χ1n) is 11.4. The van der Waals surface area contributed by atoms with Crippen molar-refractivity contribution in [1.82, 2.24) is 9.97 Å². The lowest BCUT2D eigenvalue weighted by Gasteiger charge is -2.21. The molecule has 4 N–H and O–H groups in total. The zero-order valence-electron chi connectivity index (χ0n) is 18.9.